The average molecular weight is 451 g/mol. The maximum absolute atomic E-state index is 12.1. The fourth-order valence-corrected chi connectivity index (χ4v) is 3.67. The molecule has 3 rings (SSSR count). The molecule has 152 valence electrons. The molecule has 0 radical (unpaired) electrons. The molecule has 0 aliphatic heterocycles. The normalized spacial score (nSPS) is 10.6. The largest absolute Gasteiger partial charge is 0.493 e. The third kappa shape index (κ3) is 5.41. The van der Waals surface area contributed by atoms with Crippen LogP contribution in [0.3, 0.4) is 0 Å². The first-order chi connectivity index (χ1) is 14.0. The van der Waals surface area contributed by atoms with Crippen LogP contribution in [-0.4, -0.2) is 24.5 Å². The number of ether oxygens (including phenoxy) is 2. The molecule has 0 fully saturated rings. The van der Waals surface area contributed by atoms with E-state index in [2.05, 4.69) is 10.3 Å². The highest BCUT2D eigenvalue weighted by atomic mass is 35.5. The molecule has 2 aromatic carbocycles. The van der Waals surface area contributed by atoms with Gasteiger partial charge in [0.15, 0.2) is 11.5 Å². The summed E-state index contributed by atoms with van der Waals surface area (Å²) in [5, 5.41) is 6.30. The maximum Gasteiger partial charge on any atom is 0.270 e. The number of carbonyl (C=O) groups excluding carboxylic acids is 1. The number of thiazole rings is 1. The lowest BCUT2D eigenvalue weighted by Crippen LogP contribution is -2.24. The molecule has 1 heterocycles. The van der Waals surface area contributed by atoms with Crippen molar-refractivity contribution in [2.24, 2.45) is 0 Å². The molecule has 0 unspecified atom stereocenters. The Morgan fingerprint density at radius 1 is 1.14 bits per heavy atom. The van der Waals surface area contributed by atoms with E-state index in [1.54, 1.807) is 24.6 Å². The summed E-state index contributed by atoms with van der Waals surface area (Å²) in [6.45, 7) is 2.96. The highest BCUT2D eigenvalue weighted by molar-refractivity contribution is 7.13. The SMILES string of the molecule is CCCNC(=O)c1csc(-c2ccc(OCc3ccc(Cl)c(Cl)c3)c(OC)c2)n1. The highest BCUT2D eigenvalue weighted by Gasteiger charge is 2.14. The summed E-state index contributed by atoms with van der Waals surface area (Å²) in [6, 6.07) is 10.9. The van der Waals surface area contributed by atoms with E-state index in [4.69, 9.17) is 32.7 Å². The number of amides is 1. The number of hydrogen-bond acceptors (Lipinski definition) is 5. The van der Waals surface area contributed by atoms with E-state index in [1.807, 2.05) is 31.2 Å². The van der Waals surface area contributed by atoms with E-state index in [9.17, 15) is 4.79 Å². The van der Waals surface area contributed by atoms with E-state index in [0.717, 1.165) is 22.6 Å². The Labute approximate surface area is 183 Å². The maximum atomic E-state index is 12.1. The van der Waals surface area contributed by atoms with Gasteiger partial charge in [0.05, 0.1) is 17.2 Å². The van der Waals surface area contributed by atoms with Crippen LogP contribution < -0.4 is 14.8 Å². The minimum absolute atomic E-state index is 0.164. The molecule has 0 atom stereocenters. The van der Waals surface area contributed by atoms with Crippen molar-refractivity contribution in [2.75, 3.05) is 13.7 Å². The second kappa shape index (κ2) is 9.96. The fraction of sp³-hybridized carbons (Fsp3) is 0.238. The number of halogens is 2. The number of hydrogen-bond donors (Lipinski definition) is 1. The summed E-state index contributed by atoms with van der Waals surface area (Å²) >= 11 is 13.4. The van der Waals surface area contributed by atoms with Gasteiger partial charge in [0.1, 0.15) is 17.3 Å². The lowest BCUT2D eigenvalue weighted by molar-refractivity contribution is 0.0949. The predicted octanol–water partition coefficient (Wildman–Crippen LogP) is 5.84. The number of benzene rings is 2. The third-order valence-electron chi connectivity index (χ3n) is 4.06. The van der Waals surface area contributed by atoms with E-state index in [1.165, 1.54) is 11.3 Å². The van der Waals surface area contributed by atoms with Crippen LogP contribution in [-0.2, 0) is 6.61 Å². The Hall–Kier alpha value is -2.28. The number of methoxy groups -OCH3 is 1. The van der Waals surface area contributed by atoms with E-state index >= 15 is 0 Å². The van der Waals surface area contributed by atoms with Gasteiger partial charge in [0.25, 0.3) is 5.91 Å². The monoisotopic (exact) mass is 450 g/mol. The van der Waals surface area contributed by atoms with Crippen LogP contribution in [0.25, 0.3) is 10.6 Å². The van der Waals surface area contributed by atoms with Gasteiger partial charge in [-0.15, -0.1) is 11.3 Å². The molecular formula is C21H20Cl2N2O3S. The smallest absolute Gasteiger partial charge is 0.270 e. The first-order valence-electron chi connectivity index (χ1n) is 9.00. The van der Waals surface area contributed by atoms with Crippen molar-refractivity contribution in [3.05, 3.63) is 63.1 Å². The van der Waals surface area contributed by atoms with Crippen LogP contribution >= 0.6 is 34.5 Å². The van der Waals surface area contributed by atoms with Crippen LogP contribution in [0.1, 0.15) is 29.4 Å². The van der Waals surface area contributed by atoms with Crippen molar-refractivity contribution in [1.82, 2.24) is 10.3 Å². The van der Waals surface area contributed by atoms with Crippen molar-refractivity contribution in [1.29, 1.82) is 0 Å². The topological polar surface area (TPSA) is 60.5 Å². The summed E-state index contributed by atoms with van der Waals surface area (Å²) in [4.78, 5) is 16.5. The number of nitrogens with one attached hydrogen (secondary N) is 1. The Morgan fingerprint density at radius 3 is 2.69 bits per heavy atom. The molecule has 1 N–H and O–H groups in total. The van der Waals surface area contributed by atoms with Gasteiger partial charge in [-0.1, -0.05) is 36.2 Å². The second-order valence-electron chi connectivity index (χ2n) is 6.20. The van der Waals surface area contributed by atoms with Crippen molar-refractivity contribution in [2.45, 2.75) is 20.0 Å². The zero-order valence-corrected chi connectivity index (χ0v) is 18.3. The third-order valence-corrected chi connectivity index (χ3v) is 5.69. The molecule has 3 aromatic rings. The first-order valence-corrected chi connectivity index (χ1v) is 10.6. The summed E-state index contributed by atoms with van der Waals surface area (Å²) in [5.74, 6) is 1.01. The van der Waals surface area contributed by atoms with Crippen molar-refractivity contribution in [3.8, 4) is 22.1 Å². The number of rotatable bonds is 8. The molecule has 0 bridgehead atoms. The molecule has 0 aliphatic carbocycles. The summed E-state index contributed by atoms with van der Waals surface area (Å²) in [5.41, 5.74) is 2.16. The fourth-order valence-electron chi connectivity index (χ4n) is 2.55. The van der Waals surface area contributed by atoms with Gasteiger partial charge in [0.2, 0.25) is 0 Å². The van der Waals surface area contributed by atoms with Crippen molar-refractivity contribution >= 4 is 40.4 Å². The number of carbonyl (C=O) groups is 1. The second-order valence-corrected chi connectivity index (χ2v) is 7.87. The molecule has 0 aliphatic rings. The van der Waals surface area contributed by atoms with E-state index < -0.39 is 0 Å². The Balaban J connectivity index is 1.74. The van der Waals surface area contributed by atoms with Gasteiger partial charge in [-0.05, 0) is 42.3 Å². The molecule has 0 spiro atoms. The van der Waals surface area contributed by atoms with Crippen LogP contribution in [0, 0.1) is 0 Å². The van der Waals surface area contributed by atoms with Crippen LogP contribution in [0.2, 0.25) is 10.0 Å². The lowest BCUT2D eigenvalue weighted by atomic mass is 10.2. The van der Waals surface area contributed by atoms with Crippen molar-refractivity contribution in [3.63, 3.8) is 0 Å². The molecule has 0 saturated carbocycles. The van der Waals surface area contributed by atoms with Gasteiger partial charge in [0, 0.05) is 17.5 Å². The van der Waals surface area contributed by atoms with Gasteiger partial charge >= 0.3 is 0 Å². The summed E-state index contributed by atoms with van der Waals surface area (Å²) in [6.07, 6.45) is 0.879. The minimum atomic E-state index is -0.164. The number of aromatic nitrogens is 1. The average Bonchev–Trinajstić information content (AvgIpc) is 3.23. The Bertz CT molecular complexity index is 1010. The number of nitrogens with zero attached hydrogens (tertiary/aromatic N) is 1. The molecule has 0 saturated heterocycles. The van der Waals surface area contributed by atoms with Gasteiger partial charge < -0.3 is 14.8 Å². The van der Waals surface area contributed by atoms with Gasteiger partial charge in [-0.25, -0.2) is 4.98 Å². The Kier molecular flexibility index (Phi) is 7.36. The lowest BCUT2D eigenvalue weighted by Gasteiger charge is -2.12. The van der Waals surface area contributed by atoms with Gasteiger partial charge in [-0.3, -0.25) is 4.79 Å². The van der Waals surface area contributed by atoms with Crippen LogP contribution in [0.5, 0.6) is 11.5 Å². The quantitative estimate of drug-likeness (QED) is 0.467. The standard InChI is InChI=1S/C21H20Cl2N2O3S/c1-3-8-24-20(26)17-12-29-21(25-17)14-5-7-18(19(10-14)27-2)28-11-13-4-6-15(22)16(23)9-13/h4-7,9-10,12H,3,8,11H2,1-2H3,(H,24,26). The highest BCUT2D eigenvalue weighted by Crippen LogP contribution is 2.34. The molecule has 1 amide bonds. The van der Waals surface area contributed by atoms with Crippen LogP contribution in [0.15, 0.2) is 41.8 Å². The minimum Gasteiger partial charge on any atom is -0.493 e. The molecule has 1 aromatic heterocycles. The molecule has 8 heteroatoms. The Morgan fingerprint density at radius 2 is 1.97 bits per heavy atom. The predicted molar refractivity (Wildman–Crippen MR) is 118 cm³/mol. The molecular weight excluding hydrogens is 431 g/mol. The van der Waals surface area contributed by atoms with Crippen molar-refractivity contribution < 1.29 is 14.3 Å². The molecule has 5 nitrogen and oxygen atoms in total. The summed E-state index contributed by atoms with van der Waals surface area (Å²) in [7, 11) is 1.58. The van der Waals surface area contributed by atoms with Crippen LogP contribution in [0.4, 0.5) is 0 Å². The van der Waals surface area contributed by atoms with Gasteiger partial charge in [-0.2, -0.15) is 0 Å². The zero-order chi connectivity index (χ0) is 20.8. The summed E-state index contributed by atoms with van der Waals surface area (Å²) < 4.78 is 11.4. The van der Waals surface area contributed by atoms with E-state index in [0.29, 0.717) is 40.4 Å². The van der Waals surface area contributed by atoms with E-state index in [-0.39, 0.29) is 5.91 Å². The first kappa shape index (κ1) is 21.4. The zero-order valence-electron chi connectivity index (χ0n) is 16.0. The molecule has 29 heavy (non-hydrogen) atoms.